The van der Waals surface area contributed by atoms with Gasteiger partial charge in [0.05, 0.1) is 25.4 Å². The molecule has 1 N–H and O–H groups in total. The smallest absolute Gasteiger partial charge is 0.168 e. The van der Waals surface area contributed by atoms with Crippen molar-refractivity contribution in [1.29, 1.82) is 0 Å². The summed E-state index contributed by atoms with van der Waals surface area (Å²) >= 11 is 0. The van der Waals surface area contributed by atoms with Crippen LogP contribution in [0.1, 0.15) is 36.8 Å². The van der Waals surface area contributed by atoms with Crippen LogP contribution < -0.4 is 0 Å². The van der Waals surface area contributed by atoms with Gasteiger partial charge in [0.25, 0.3) is 0 Å². The summed E-state index contributed by atoms with van der Waals surface area (Å²) in [6.45, 7) is 1.99. The van der Waals surface area contributed by atoms with Crippen molar-refractivity contribution in [3.8, 4) is 0 Å². The van der Waals surface area contributed by atoms with Gasteiger partial charge in [-0.25, -0.2) is 0 Å². The highest BCUT2D eigenvalue weighted by molar-refractivity contribution is 5.32. The molecule has 22 heavy (non-hydrogen) atoms. The first kappa shape index (κ1) is 15.9. The summed E-state index contributed by atoms with van der Waals surface area (Å²) in [6, 6.07) is 7.90. The summed E-state index contributed by atoms with van der Waals surface area (Å²) in [4.78, 5) is 0. The van der Waals surface area contributed by atoms with Crippen LogP contribution >= 0.6 is 0 Å². The van der Waals surface area contributed by atoms with Crippen molar-refractivity contribution in [3.63, 3.8) is 0 Å². The van der Waals surface area contributed by atoms with Gasteiger partial charge in [0.15, 0.2) is 5.79 Å². The van der Waals surface area contributed by atoms with Crippen LogP contribution in [0, 0.1) is 0 Å². The zero-order valence-electron chi connectivity index (χ0n) is 13.0. The molecule has 2 aliphatic rings. The van der Waals surface area contributed by atoms with Crippen LogP contribution in [0.15, 0.2) is 24.3 Å². The number of rotatable bonds is 5. The predicted octanol–water partition coefficient (Wildman–Crippen LogP) is 2.31. The zero-order chi connectivity index (χ0) is 15.5. The molecular weight excluding hydrogens is 284 g/mol. The second-order valence-electron chi connectivity index (χ2n) is 6.05. The van der Waals surface area contributed by atoms with E-state index in [2.05, 4.69) is 0 Å². The Bertz CT molecular complexity index is 486. The van der Waals surface area contributed by atoms with Crippen LogP contribution in [0.3, 0.4) is 0 Å². The van der Waals surface area contributed by atoms with E-state index >= 15 is 0 Å². The number of aliphatic hydroxyl groups is 1. The van der Waals surface area contributed by atoms with E-state index in [1.165, 1.54) is 0 Å². The quantitative estimate of drug-likeness (QED) is 0.668. The molecule has 1 aromatic rings. The summed E-state index contributed by atoms with van der Waals surface area (Å²) in [5, 5.41) is 11.1. The third kappa shape index (κ3) is 3.19. The lowest BCUT2D eigenvalue weighted by Gasteiger charge is -2.41. The standard InChI is InChI=1S/C17H24O5/c1-19-13-20-12-14-4-2-3-5-15(14)16(18)6-8-17(9-7-16)21-10-11-22-17/h2-5,18H,6-13H2,1H3. The van der Waals surface area contributed by atoms with Crippen LogP contribution in [-0.2, 0) is 31.2 Å². The fourth-order valence-electron chi connectivity index (χ4n) is 3.43. The Kier molecular flexibility index (Phi) is 4.80. The summed E-state index contributed by atoms with van der Waals surface area (Å²) in [5.74, 6) is -0.465. The van der Waals surface area contributed by atoms with Gasteiger partial charge >= 0.3 is 0 Å². The van der Waals surface area contributed by atoms with Crippen molar-refractivity contribution >= 4 is 0 Å². The highest BCUT2D eigenvalue weighted by Crippen LogP contribution is 2.45. The van der Waals surface area contributed by atoms with Gasteiger partial charge in [-0.1, -0.05) is 24.3 Å². The lowest BCUT2D eigenvalue weighted by atomic mass is 9.75. The minimum atomic E-state index is -0.840. The van der Waals surface area contributed by atoms with E-state index in [4.69, 9.17) is 18.9 Å². The molecule has 0 atom stereocenters. The Labute approximate surface area is 131 Å². The molecule has 0 bridgehead atoms. The average Bonchev–Trinajstić information content (AvgIpc) is 3.00. The third-order valence-corrected chi connectivity index (χ3v) is 4.63. The number of ether oxygens (including phenoxy) is 4. The molecule has 1 saturated heterocycles. The fraction of sp³-hybridized carbons (Fsp3) is 0.647. The van der Waals surface area contributed by atoms with Gasteiger partial charge in [0, 0.05) is 20.0 Å². The molecule has 1 spiro atoms. The number of hydrogen-bond acceptors (Lipinski definition) is 5. The molecule has 0 aromatic heterocycles. The molecule has 0 radical (unpaired) electrons. The lowest BCUT2D eigenvalue weighted by Crippen LogP contribution is -2.42. The first-order chi connectivity index (χ1) is 10.7. The molecule has 1 aliphatic heterocycles. The normalized spacial score (nSPS) is 23.0. The Balaban J connectivity index is 1.73. The van der Waals surface area contributed by atoms with E-state index in [1.807, 2.05) is 24.3 Å². The Morgan fingerprint density at radius 3 is 2.45 bits per heavy atom. The van der Waals surface area contributed by atoms with Crippen molar-refractivity contribution < 1.29 is 24.1 Å². The summed E-state index contributed by atoms with van der Waals surface area (Å²) in [5.41, 5.74) is 1.11. The van der Waals surface area contributed by atoms with Crippen LogP contribution in [0.5, 0.6) is 0 Å². The Hall–Kier alpha value is -0.980. The monoisotopic (exact) mass is 308 g/mol. The molecule has 3 rings (SSSR count). The van der Waals surface area contributed by atoms with Crippen LogP contribution in [-0.4, -0.2) is 38.0 Å². The first-order valence-electron chi connectivity index (χ1n) is 7.83. The molecule has 1 aliphatic carbocycles. The molecule has 1 saturated carbocycles. The van der Waals surface area contributed by atoms with E-state index in [1.54, 1.807) is 7.11 Å². The number of methoxy groups -OCH3 is 1. The highest BCUT2D eigenvalue weighted by atomic mass is 16.7. The van der Waals surface area contributed by atoms with E-state index in [0.29, 0.717) is 32.7 Å². The van der Waals surface area contributed by atoms with Gasteiger partial charge in [-0.3, -0.25) is 0 Å². The maximum atomic E-state index is 11.1. The second kappa shape index (κ2) is 6.64. The van der Waals surface area contributed by atoms with Crippen LogP contribution in [0.25, 0.3) is 0 Å². The predicted molar refractivity (Wildman–Crippen MR) is 80.1 cm³/mol. The van der Waals surface area contributed by atoms with Gasteiger partial charge in [-0.05, 0) is 24.0 Å². The van der Waals surface area contributed by atoms with Gasteiger partial charge in [0.2, 0.25) is 0 Å². The summed E-state index contributed by atoms with van der Waals surface area (Å²) < 4.78 is 21.9. The largest absolute Gasteiger partial charge is 0.385 e. The van der Waals surface area contributed by atoms with E-state index in [0.717, 1.165) is 24.0 Å². The topological polar surface area (TPSA) is 57.2 Å². The van der Waals surface area contributed by atoms with E-state index in [-0.39, 0.29) is 6.79 Å². The maximum Gasteiger partial charge on any atom is 0.168 e. The van der Waals surface area contributed by atoms with Crippen molar-refractivity contribution in [3.05, 3.63) is 35.4 Å². The highest BCUT2D eigenvalue weighted by Gasteiger charge is 2.46. The number of hydrogen-bond donors (Lipinski definition) is 1. The molecule has 122 valence electrons. The fourth-order valence-corrected chi connectivity index (χ4v) is 3.43. The SMILES string of the molecule is COCOCc1ccccc1C1(O)CCC2(CC1)OCCO2. The minimum absolute atomic E-state index is 0.248. The van der Waals surface area contributed by atoms with Crippen LogP contribution in [0.4, 0.5) is 0 Å². The molecule has 0 unspecified atom stereocenters. The van der Waals surface area contributed by atoms with E-state index in [9.17, 15) is 5.11 Å². The van der Waals surface area contributed by atoms with Crippen molar-refractivity contribution in [1.82, 2.24) is 0 Å². The molecule has 5 nitrogen and oxygen atoms in total. The van der Waals surface area contributed by atoms with Crippen molar-refractivity contribution in [2.45, 2.75) is 43.7 Å². The molecule has 5 heteroatoms. The molecule has 1 heterocycles. The lowest BCUT2D eigenvalue weighted by molar-refractivity contribution is -0.204. The third-order valence-electron chi connectivity index (χ3n) is 4.63. The Morgan fingerprint density at radius 1 is 1.09 bits per heavy atom. The Morgan fingerprint density at radius 2 is 1.77 bits per heavy atom. The van der Waals surface area contributed by atoms with Crippen molar-refractivity contribution in [2.75, 3.05) is 27.1 Å². The maximum absolute atomic E-state index is 11.1. The summed E-state index contributed by atoms with van der Waals surface area (Å²) in [7, 11) is 1.60. The van der Waals surface area contributed by atoms with Crippen molar-refractivity contribution in [2.24, 2.45) is 0 Å². The van der Waals surface area contributed by atoms with Crippen LogP contribution in [0.2, 0.25) is 0 Å². The molecule has 1 aromatic carbocycles. The summed E-state index contributed by atoms with van der Waals surface area (Å²) in [6.07, 6.45) is 2.70. The molecule has 2 fully saturated rings. The van der Waals surface area contributed by atoms with E-state index < -0.39 is 11.4 Å². The van der Waals surface area contributed by atoms with Gasteiger partial charge in [0.1, 0.15) is 6.79 Å². The molecule has 0 amide bonds. The van der Waals surface area contributed by atoms with Gasteiger partial charge in [-0.15, -0.1) is 0 Å². The average molecular weight is 308 g/mol. The van der Waals surface area contributed by atoms with Gasteiger partial charge < -0.3 is 24.1 Å². The number of benzene rings is 1. The minimum Gasteiger partial charge on any atom is -0.385 e. The molecular formula is C17H24O5. The zero-order valence-corrected chi connectivity index (χ0v) is 13.0. The van der Waals surface area contributed by atoms with Gasteiger partial charge in [-0.2, -0.15) is 0 Å². The first-order valence-corrected chi connectivity index (χ1v) is 7.83. The second-order valence-corrected chi connectivity index (χ2v) is 6.05.